The molecule has 1 saturated carbocycles. The summed E-state index contributed by atoms with van der Waals surface area (Å²) >= 11 is 0. The topological polar surface area (TPSA) is 75.6 Å². The first-order valence-electron chi connectivity index (χ1n) is 6.84. The Bertz CT molecular complexity index is 351. The van der Waals surface area contributed by atoms with Crippen LogP contribution >= 0.6 is 0 Å². The molecule has 0 radical (unpaired) electrons. The van der Waals surface area contributed by atoms with Crippen molar-refractivity contribution in [3.05, 3.63) is 0 Å². The third kappa shape index (κ3) is 3.66. The summed E-state index contributed by atoms with van der Waals surface area (Å²) in [5.41, 5.74) is 0. The number of aliphatic hydroxyl groups is 1. The molecule has 2 unspecified atom stereocenters. The molecule has 0 bridgehead atoms. The first kappa shape index (κ1) is 14.2. The lowest BCUT2D eigenvalue weighted by Crippen LogP contribution is -2.42. The highest BCUT2D eigenvalue weighted by Gasteiger charge is 2.30. The van der Waals surface area contributed by atoms with Crippen LogP contribution in [0.25, 0.3) is 0 Å². The van der Waals surface area contributed by atoms with E-state index in [9.17, 15) is 13.5 Å². The van der Waals surface area contributed by atoms with Crippen LogP contribution in [-0.4, -0.2) is 44.6 Å². The Kier molecular flexibility index (Phi) is 5.00. The Morgan fingerprint density at radius 3 is 2.44 bits per heavy atom. The van der Waals surface area contributed by atoms with Crippen LogP contribution in [0.5, 0.6) is 0 Å². The van der Waals surface area contributed by atoms with Gasteiger partial charge in [0.25, 0.3) is 0 Å². The predicted molar refractivity (Wildman–Crippen MR) is 68.7 cm³/mol. The average Bonchev–Trinajstić information content (AvgIpc) is 2.39. The van der Waals surface area contributed by atoms with Crippen LogP contribution in [0.3, 0.4) is 0 Å². The summed E-state index contributed by atoms with van der Waals surface area (Å²) in [7, 11) is -3.25. The maximum atomic E-state index is 12.1. The number of nitrogens with one attached hydrogen (secondary N) is 1. The Balaban J connectivity index is 1.84. The van der Waals surface area contributed by atoms with Gasteiger partial charge in [0, 0.05) is 19.8 Å². The summed E-state index contributed by atoms with van der Waals surface area (Å²) in [4.78, 5) is 0. The van der Waals surface area contributed by atoms with Crippen LogP contribution < -0.4 is 4.72 Å². The largest absolute Gasteiger partial charge is 0.393 e. The van der Waals surface area contributed by atoms with Crippen molar-refractivity contribution >= 4 is 10.0 Å². The Morgan fingerprint density at radius 1 is 1.11 bits per heavy atom. The van der Waals surface area contributed by atoms with E-state index in [1.165, 1.54) is 0 Å². The zero-order chi connectivity index (χ0) is 13.0. The van der Waals surface area contributed by atoms with E-state index < -0.39 is 10.0 Å². The van der Waals surface area contributed by atoms with Gasteiger partial charge in [-0.1, -0.05) is 12.8 Å². The molecule has 0 amide bonds. The van der Waals surface area contributed by atoms with E-state index in [4.69, 9.17) is 4.74 Å². The van der Waals surface area contributed by atoms with E-state index in [1.54, 1.807) is 0 Å². The lowest BCUT2D eigenvalue weighted by atomic mass is 9.87. The van der Waals surface area contributed by atoms with Gasteiger partial charge in [0.1, 0.15) is 0 Å². The molecule has 2 N–H and O–H groups in total. The number of rotatable bonds is 4. The minimum atomic E-state index is -3.25. The first-order valence-corrected chi connectivity index (χ1v) is 8.38. The number of hydrogen-bond donors (Lipinski definition) is 2. The number of aliphatic hydroxyl groups excluding tert-OH is 1. The SMILES string of the molecule is O=S(=O)(NCC1CCCCC1O)C1CCOCC1. The molecular weight excluding hydrogens is 254 g/mol. The van der Waals surface area contributed by atoms with Crippen LogP contribution in [0.4, 0.5) is 0 Å². The Morgan fingerprint density at radius 2 is 1.78 bits per heavy atom. The van der Waals surface area contributed by atoms with Gasteiger partial charge in [-0.3, -0.25) is 0 Å². The fraction of sp³-hybridized carbons (Fsp3) is 1.00. The maximum Gasteiger partial charge on any atom is 0.214 e. The highest BCUT2D eigenvalue weighted by atomic mass is 32.2. The Labute approximate surface area is 109 Å². The highest BCUT2D eigenvalue weighted by Crippen LogP contribution is 2.24. The maximum absolute atomic E-state index is 12.1. The lowest BCUT2D eigenvalue weighted by Gasteiger charge is -2.29. The molecule has 1 aliphatic heterocycles. The fourth-order valence-electron chi connectivity index (χ4n) is 2.75. The number of sulfonamides is 1. The average molecular weight is 277 g/mol. The van der Waals surface area contributed by atoms with Gasteiger partial charge in [-0.05, 0) is 31.6 Å². The van der Waals surface area contributed by atoms with Crippen molar-refractivity contribution in [1.29, 1.82) is 0 Å². The summed E-state index contributed by atoms with van der Waals surface area (Å²) in [6.07, 6.45) is 4.63. The van der Waals surface area contributed by atoms with Crippen LogP contribution in [0.2, 0.25) is 0 Å². The molecule has 1 heterocycles. The molecule has 0 aromatic carbocycles. The molecule has 5 nitrogen and oxygen atoms in total. The van der Waals surface area contributed by atoms with Gasteiger partial charge in [-0.15, -0.1) is 0 Å². The van der Waals surface area contributed by atoms with E-state index in [2.05, 4.69) is 4.72 Å². The van der Waals surface area contributed by atoms with Gasteiger partial charge in [-0.25, -0.2) is 13.1 Å². The van der Waals surface area contributed by atoms with Gasteiger partial charge in [0.15, 0.2) is 0 Å². The van der Waals surface area contributed by atoms with Crippen molar-refractivity contribution in [2.45, 2.75) is 49.9 Å². The zero-order valence-corrected chi connectivity index (χ0v) is 11.5. The molecule has 2 atom stereocenters. The monoisotopic (exact) mass is 277 g/mol. The summed E-state index contributed by atoms with van der Waals surface area (Å²) in [6, 6.07) is 0. The third-order valence-electron chi connectivity index (χ3n) is 4.02. The molecule has 1 saturated heterocycles. The van der Waals surface area contributed by atoms with Crippen molar-refractivity contribution in [1.82, 2.24) is 4.72 Å². The second kappa shape index (κ2) is 6.32. The first-order chi connectivity index (χ1) is 8.59. The third-order valence-corrected chi connectivity index (χ3v) is 5.94. The lowest BCUT2D eigenvalue weighted by molar-refractivity contribution is 0.0721. The zero-order valence-electron chi connectivity index (χ0n) is 10.7. The van der Waals surface area contributed by atoms with Crippen LogP contribution in [-0.2, 0) is 14.8 Å². The molecule has 2 rings (SSSR count). The molecule has 6 heteroatoms. The molecule has 0 spiro atoms. The molecule has 0 aromatic heterocycles. The molecule has 106 valence electrons. The van der Waals surface area contributed by atoms with Gasteiger partial charge in [-0.2, -0.15) is 0 Å². The minimum absolute atomic E-state index is 0.0772. The molecule has 18 heavy (non-hydrogen) atoms. The van der Waals surface area contributed by atoms with E-state index in [-0.39, 0.29) is 17.3 Å². The highest BCUT2D eigenvalue weighted by molar-refractivity contribution is 7.90. The van der Waals surface area contributed by atoms with Crippen molar-refractivity contribution in [2.75, 3.05) is 19.8 Å². The van der Waals surface area contributed by atoms with Crippen LogP contribution in [0, 0.1) is 5.92 Å². The second-order valence-corrected chi connectivity index (χ2v) is 7.36. The van der Waals surface area contributed by atoms with Crippen molar-refractivity contribution in [3.8, 4) is 0 Å². The molecule has 2 fully saturated rings. The van der Waals surface area contributed by atoms with Gasteiger partial charge in [0.05, 0.1) is 11.4 Å². The van der Waals surface area contributed by atoms with Crippen LogP contribution in [0.15, 0.2) is 0 Å². The molecule has 0 aromatic rings. The van der Waals surface area contributed by atoms with E-state index in [1.807, 2.05) is 0 Å². The quantitative estimate of drug-likeness (QED) is 0.790. The number of ether oxygens (including phenoxy) is 1. The predicted octanol–water partition coefficient (Wildman–Crippen LogP) is 0.636. The normalized spacial score (nSPS) is 31.4. The second-order valence-electron chi connectivity index (χ2n) is 5.32. The van der Waals surface area contributed by atoms with Gasteiger partial charge >= 0.3 is 0 Å². The van der Waals surface area contributed by atoms with E-state index >= 15 is 0 Å². The molecular formula is C12H23NO4S. The smallest absolute Gasteiger partial charge is 0.214 e. The fourth-order valence-corrected chi connectivity index (χ4v) is 4.25. The minimum Gasteiger partial charge on any atom is -0.393 e. The van der Waals surface area contributed by atoms with Crippen molar-refractivity contribution in [2.24, 2.45) is 5.92 Å². The standard InChI is InChI=1S/C12H23NO4S/c14-12-4-2-1-3-10(12)9-13-18(15,16)11-5-7-17-8-6-11/h10-14H,1-9H2. The summed E-state index contributed by atoms with van der Waals surface area (Å²) in [6.45, 7) is 1.43. The van der Waals surface area contributed by atoms with Crippen molar-refractivity contribution < 1.29 is 18.3 Å². The summed E-state index contributed by atoms with van der Waals surface area (Å²) in [5, 5.41) is 9.49. The van der Waals surface area contributed by atoms with E-state index in [0.717, 1.165) is 25.7 Å². The number of hydrogen-bond acceptors (Lipinski definition) is 4. The molecule has 2 aliphatic rings. The van der Waals surface area contributed by atoms with Gasteiger partial charge < -0.3 is 9.84 Å². The van der Waals surface area contributed by atoms with Gasteiger partial charge in [0.2, 0.25) is 10.0 Å². The van der Waals surface area contributed by atoms with Crippen LogP contribution in [0.1, 0.15) is 38.5 Å². The Hall–Kier alpha value is -0.170. The van der Waals surface area contributed by atoms with Crippen molar-refractivity contribution in [3.63, 3.8) is 0 Å². The van der Waals surface area contributed by atoms with E-state index in [0.29, 0.717) is 32.6 Å². The summed E-state index contributed by atoms with van der Waals surface area (Å²) in [5.74, 6) is 0.0772. The summed E-state index contributed by atoms with van der Waals surface area (Å²) < 4.78 is 32.0. The molecule has 1 aliphatic carbocycles.